The third kappa shape index (κ3) is 7.99. The second-order valence-electron chi connectivity index (χ2n) is 17.1. The summed E-state index contributed by atoms with van der Waals surface area (Å²) < 4.78 is 37.0. The summed E-state index contributed by atoms with van der Waals surface area (Å²) in [6.07, 6.45) is 12.5. The number of cyclic esters (lactones) is 1. The number of rotatable bonds is 18. The molecule has 4 fully saturated rings. The van der Waals surface area contributed by atoms with E-state index in [4.69, 9.17) is 28.1 Å². The minimum absolute atomic E-state index is 0.134. The molecule has 54 heavy (non-hydrogen) atoms. The van der Waals surface area contributed by atoms with E-state index in [0.29, 0.717) is 23.8 Å². The Hall–Kier alpha value is -3.31. The van der Waals surface area contributed by atoms with Gasteiger partial charge in [0.15, 0.2) is 18.0 Å². The van der Waals surface area contributed by atoms with Crippen molar-refractivity contribution in [2.75, 3.05) is 0 Å². The minimum atomic E-state index is -1.72. The topological polar surface area (TPSA) is 145 Å². The number of furan rings is 1. The van der Waals surface area contributed by atoms with Crippen molar-refractivity contribution in [3.05, 3.63) is 36.3 Å². The molecule has 1 spiro atoms. The third-order valence-corrected chi connectivity index (χ3v) is 12.8. The van der Waals surface area contributed by atoms with Gasteiger partial charge >= 0.3 is 17.9 Å². The monoisotopic (exact) mass is 754 g/mol. The molecule has 3 aliphatic heterocycles. The van der Waals surface area contributed by atoms with Gasteiger partial charge in [0.05, 0.1) is 24.4 Å². The Bertz CT molecular complexity index is 1510. The first-order chi connectivity index (χ1) is 25.7. The van der Waals surface area contributed by atoms with Crippen molar-refractivity contribution in [1.82, 2.24) is 0 Å². The number of hydrogen-bond acceptors (Lipinski definition) is 11. The summed E-state index contributed by atoms with van der Waals surface area (Å²) in [5, 5.41) is 0. The SMILES string of the molecule is C=C1[C@@H]2C[C@@]3(C)[C@H](c4ccoc4)OC(=O)C[C@]13O[C@H]1[C@H](OC(C)=O)[C@@H](OC(=O)CCCCCCCCCCCCCCC)C(C)(C)O[C@H](C=O)[C@]1(C)C2=O. The molecular weight excluding hydrogens is 692 g/mol. The van der Waals surface area contributed by atoms with Gasteiger partial charge in [0.1, 0.15) is 35.8 Å². The van der Waals surface area contributed by atoms with Crippen molar-refractivity contribution < 1.29 is 52.1 Å². The lowest BCUT2D eigenvalue weighted by Gasteiger charge is -2.54. The van der Waals surface area contributed by atoms with Crippen molar-refractivity contribution in [2.24, 2.45) is 16.7 Å². The van der Waals surface area contributed by atoms with E-state index in [2.05, 4.69) is 13.5 Å². The molecule has 5 rings (SSSR count). The number of fused-ring (bicyclic) bond motifs is 2. The van der Waals surface area contributed by atoms with E-state index >= 15 is 0 Å². The Balaban J connectivity index is 1.35. The van der Waals surface area contributed by atoms with Crippen LogP contribution in [0.2, 0.25) is 0 Å². The highest BCUT2D eigenvalue weighted by molar-refractivity contribution is 5.95. The number of hydrogen-bond donors (Lipinski definition) is 0. The zero-order valence-corrected chi connectivity index (χ0v) is 33.3. The van der Waals surface area contributed by atoms with E-state index in [1.165, 1.54) is 77.2 Å². The molecule has 1 aliphatic carbocycles. The largest absolute Gasteiger partial charge is 0.472 e. The Labute approximate surface area is 320 Å². The van der Waals surface area contributed by atoms with Crippen LogP contribution in [0.25, 0.3) is 0 Å². The second-order valence-corrected chi connectivity index (χ2v) is 17.1. The fourth-order valence-electron chi connectivity index (χ4n) is 9.68. The van der Waals surface area contributed by atoms with Crippen LogP contribution in [0, 0.1) is 16.7 Å². The number of unbranched alkanes of at least 4 members (excludes halogenated alkanes) is 12. The van der Waals surface area contributed by atoms with Crippen molar-refractivity contribution in [1.29, 1.82) is 0 Å². The van der Waals surface area contributed by atoms with Gasteiger partial charge in [0, 0.05) is 30.2 Å². The summed E-state index contributed by atoms with van der Waals surface area (Å²) in [6.45, 7) is 14.6. The first-order valence-corrected chi connectivity index (χ1v) is 20.3. The fourth-order valence-corrected chi connectivity index (χ4v) is 9.68. The molecule has 0 amide bonds. The van der Waals surface area contributed by atoms with Crippen molar-refractivity contribution in [3.8, 4) is 0 Å². The first-order valence-electron chi connectivity index (χ1n) is 20.3. The molecule has 1 saturated carbocycles. The Morgan fingerprint density at radius 3 is 2.07 bits per heavy atom. The summed E-state index contributed by atoms with van der Waals surface area (Å²) in [6, 6.07) is 1.70. The van der Waals surface area contributed by atoms with Crippen LogP contribution in [-0.4, -0.2) is 65.6 Å². The van der Waals surface area contributed by atoms with E-state index in [1.54, 1.807) is 26.8 Å². The predicted octanol–water partition coefficient (Wildman–Crippen LogP) is 8.26. The van der Waals surface area contributed by atoms with Gasteiger partial charge in [0.25, 0.3) is 0 Å². The fraction of sp³-hybridized carbons (Fsp3) is 0.744. The molecule has 11 nitrogen and oxygen atoms in total. The van der Waals surface area contributed by atoms with E-state index in [9.17, 15) is 24.0 Å². The van der Waals surface area contributed by atoms with Gasteiger partial charge < -0.3 is 32.9 Å². The van der Waals surface area contributed by atoms with Gasteiger partial charge in [-0.1, -0.05) is 97.5 Å². The second kappa shape index (κ2) is 17.2. The average molecular weight is 755 g/mol. The first kappa shape index (κ1) is 41.8. The molecule has 300 valence electrons. The van der Waals surface area contributed by atoms with Gasteiger partial charge in [-0.2, -0.15) is 0 Å². The summed E-state index contributed by atoms with van der Waals surface area (Å²) in [4.78, 5) is 67.9. The van der Waals surface area contributed by atoms with Gasteiger partial charge in [-0.15, -0.1) is 0 Å². The lowest BCUT2D eigenvalue weighted by atomic mass is 9.64. The number of carbonyl (C=O) groups excluding carboxylic acids is 5. The maximum atomic E-state index is 15.0. The zero-order valence-electron chi connectivity index (χ0n) is 33.3. The van der Waals surface area contributed by atoms with E-state index < -0.39 is 82.2 Å². The molecule has 0 radical (unpaired) electrons. The van der Waals surface area contributed by atoms with Crippen LogP contribution in [-0.2, 0) is 47.7 Å². The van der Waals surface area contributed by atoms with Crippen LogP contribution < -0.4 is 0 Å². The summed E-state index contributed by atoms with van der Waals surface area (Å²) >= 11 is 0. The average Bonchev–Trinajstić information content (AvgIpc) is 3.71. The lowest BCUT2D eigenvalue weighted by Crippen LogP contribution is -2.64. The molecule has 3 saturated heterocycles. The molecular formula is C43H62O11. The Morgan fingerprint density at radius 1 is 0.907 bits per heavy atom. The van der Waals surface area contributed by atoms with E-state index in [0.717, 1.165) is 19.3 Å². The maximum Gasteiger partial charge on any atom is 0.309 e. The molecule has 0 unspecified atom stereocenters. The highest BCUT2D eigenvalue weighted by Gasteiger charge is 2.75. The molecule has 1 aromatic rings. The van der Waals surface area contributed by atoms with Crippen LogP contribution in [0.15, 0.2) is 35.2 Å². The lowest BCUT2D eigenvalue weighted by molar-refractivity contribution is -0.255. The van der Waals surface area contributed by atoms with Crippen molar-refractivity contribution >= 4 is 30.0 Å². The third-order valence-electron chi connectivity index (χ3n) is 12.8. The van der Waals surface area contributed by atoms with Crippen LogP contribution in [0.5, 0.6) is 0 Å². The van der Waals surface area contributed by atoms with Gasteiger partial charge in [-0.05, 0) is 45.3 Å². The van der Waals surface area contributed by atoms with Crippen LogP contribution in [0.4, 0.5) is 0 Å². The zero-order chi connectivity index (χ0) is 39.3. The van der Waals surface area contributed by atoms with Gasteiger partial charge in [-0.25, -0.2) is 0 Å². The molecule has 4 heterocycles. The summed E-state index contributed by atoms with van der Waals surface area (Å²) in [7, 11) is 0. The number of carbonyl (C=O) groups is 5. The number of ether oxygens (including phenoxy) is 5. The molecule has 9 atom stereocenters. The summed E-state index contributed by atoms with van der Waals surface area (Å²) in [5.41, 5.74) is -4.63. The highest BCUT2D eigenvalue weighted by atomic mass is 16.6. The predicted molar refractivity (Wildman–Crippen MR) is 199 cm³/mol. The van der Waals surface area contributed by atoms with Crippen molar-refractivity contribution in [2.45, 2.75) is 186 Å². The Kier molecular flexibility index (Phi) is 13.4. The normalized spacial score (nSPS) is 34.2. The van der Waals surface area contributed by atoms with Gasteiger partial charge in [-0.3, -0.25) is 19.2 Å². The smallest absolute Gasteiger partial charge is 0.309 e. The Morgan fingerprint density at radius 2 is 1.52 bits per heavy atom. The molecule has 0 N–H and O–H groups in total. The molecule has 11 heteroatoms. The van der Waals surface area contributed by atoms with Crippen LogP contribution >= 0.6 is 0 Å². The molecule has 2 bridgehead atoms. The highest BCUT2D eigenvalue weighted by Crippen LogP contribution is 2.68. The quantitative estimate of drug-likeness (QED) is 0.0470. The number of esters is 3. The maximum absolute atomic E-state index is 15.0. The molecule has 4 aliphatic rings. The van der Waals surface area contributed by atoms with Crippen LogP contribution in [0.1, 0.15) is 156 Å². The summed E-state index contributed by atoms with van der Waals surface area (Å²) in [5.74, 6) is -3.04. The number of aldehydes is 1. The standard InChI is InChI=1S/C43H62O11/c1-8-9-10-11-12-13-14-15-16-17-18-19-20-21-33(46)51-38-35(50-29(3)45)39-42(7,32(26-44)53-40(38,4)5)36(48)31-24-41(6)37(30-22-23-49-27-30)52-34(47)25-43(41,54-39)28(31)2/h22-23,26-27,31-32,35,37-39H,2,8-21,24-25H2,1,3-7H3/t31-,32+,35+,37-,38+,39-,41-,42+,43-/m0/s1. The number of Topliss-reactive ketones (excluding diaryl/α,β-unsaturated/α-hetero) is 1. The van der Waals surface area contributed by atoms with E-state index in [-0.39, 0.29) is 19.3 Å². The van der Waals surface area contributed by atoms with Crippen LogP contribution in [0.3, 0.4) is 0 Å². The minimum Gasteiger partial charge on any atom is -0.472 e. The molecule has 0 aromatic carbocycles. The number of ketones is 1. The van der Waals surface area contributed by atoms with Gasteiger partial charge in [0.2, 0.25) is 0 Å². The van der Waals surface area contributed by atoms with Crippen molar-refractivity contribution in [3.63, 3.8) is 0 Å². The molecule has 1 aromatic heterocycles. The van der Waals surface area contributed by atoms with E-state index in [1.807, 2.05) is 6.92 Å².